The van der Waals surface area contributed by atoms with Crippen LogP contribution >= 0.6 is 0 Å². The molecule has 0 saturated heterocycles. The molecule has 0 bridgehead atoms. The van der Waals surface area contributed by atoms with Crippen LogP contribution in [0.2, 0.25) is 0 Å². The minimum absolute atomic E-state index is 0.504. The fraction of sp³-hybridized carbons (Fsp3) is 0.360. The van der Waals surface area contributed by atoms with E-state index in [4.69, 9.17) is 0 Å². The second kappa shape index (κ2) is 9.04. The summed E-state index contributed by atoms with van der Waals surface area (Å²) >= 11 is 0. The van der Waals surface area contributed by atoms with Gasteiger partial charge in [0.2, 0.25) is 0 Å². The fourth-order valence-electron chi connectivity index (χ4n) is 4.70. The Balaban J connectivity index is 1.41. The van der Waals surface area contributed by atoms with Crippen molar-refractivity contribution in [1.82, 2.24) is 30.0 Å². The molecule has 1 aliphatic rings. The molecule has 4 aromatic rings. The first-order chi connectivity index (χ1) is 15.7. The molecule has 164 valence electrons. The van der Waals surface area contributed by atoms with Crippen LogP contribution in [-0.4, -0.2) is 50.9 Å². The molecule has 1 aromatic carbocycles. The summed E-state index contributed by atoms with van der Waals surface area (Å²) in [6, 6.07) is 11.6. The van der Waals surface area contributed by atoms with Crippen molar-refractivity contribution in [1.29, 1.82) is 0 Å². The van der Waals surface area contributed by atoms with Crippen LogP contribution in [0.4, 0.5) is 5.82 Å². The van der Waals surface area contributed by atoms with E-state index < -0.39 is 0 Å². The summed E-state index contributed by atoms with van der Waals surface area (Å²) in [5, 5.41) is 9.07. The van der Waals surface area contributed by atoms with Gasteiger partial charge in [0, 0.05) is 48.7 Å². The number of anilines is 1. The van der Waals surface area contributed by atoms with Gasteiger partial charge in [-0.15, -0.1) is 0 Å². The average molecular weight is 428 g/mol. The summed E-state index contributed by atoms with van der Waals surface area (Å²) in [5.74, 6) is 1.01. The standard InChI is InChI=1S/C25H29N7/c1-26-21-4-6-22(7-5-21)31(2)25-23-13-19(3-8-24(23)28-17-29-25)20-14-30-32(16-20)15-18-9-11-27-12-10-18/h3,8-14,16-17,21-22,26H,4-7,15H2,1-2H3. The quantitative estimate of drug-likeness (QED) is 0.503. The lowest BCUT2D eigenvalue weighted by Gasteiger charge is -2.35. The van der Waals surface area contributed by atoms with Gasteiger partial charge in [0.1, 0.15) is 12.1 Å². The Bertz CT molecular complexity index is 1180. The second-order valence-corrected chi connectivity index (χ2v) is 8.62. The van der Waals surface area contributed by atoms with Crippen molar-refractivity contribution < 1.29 is 0 Å². The SMILES string of the molecule is CNC1CCC(N(C)c2ncnc3ccc(-c4cnn(Cc5ccncc5)c4)cc23)CC1. The minimum Gasteiger partial charge on any atom is -0.356 e. The van der Waals surface area contributed by atoms with E-state index in [9.17, 15) is 0 Å². The van der Waals surface area contributed by atoms with Crippen LogP contribution in [-0.2, 0) is 6.54 Å². The molecule has 5 rings (SSSR count). The van der Waals surface area contributed by atoms with Crippen molar-refractivity contribution in [3.05, 3.63) is 67.0 Å². The normalized spacial score (nSPS) is 18.7. The number of benzene rings is 1. The summed E-state index contributed by atoms with van der Waals surface area (Å²) in [4.78, 5) is 15.6. The molecule has 0 amide bonds. The molecule has 1 saturated carbocycles. The lowest BCUT2D eigenvalue weighted by atomic mass is 9.90. The number of nitrogens with zero attached hydrogens (tertiary/aromatic N) is 6. The Morgan fingerprint density at radius 2 is 1.84 bits per heavy atom. The van der Waals surface area contributed by atoms with Gasteiger partial charge in [-0.1, -0.05) is 6.07 Å². The van der Waals surface area contributed by atoms with Gasteiger partial charge in [0.25, 0.3) is 0 Å². The number of pyridine rings is 1. The maximum atomic E-state index is 4.69. The highest BCUT2D eigenvalue weighted by atomic mass is 15.3. The van der Waals surface area contributed by atoms with Gasteiger partial charge in [-0.3, -0.25) is 9.67 Å². The van der Waals surface area contributed by atoms with Gasteiger partial charge >= 0.3 is 0 Å². The van der Waals surface area contributed by atoms with Crippen molar-refractivity contribution in [3.8, 4) is 11.1 Å². The number of hydrogen-bond donors (Lipinski definition) is 1. The molecule has 3 heterocycles. The zero-order valence-electron chi connectivity index (χ0n) is 18.6. The molecule has 0 atom stereocenters. The van der Waals surface area contributed by atoms with Crippen LogP contribution in [0.25, 0.3) is 22.0 Å². The highest BCUT2D eigenvalue weighted by molar-refractivity contribution is 5.92. The van der Waals surface area contributed by atoms with Crippen LogP contribution < -0.4 is 10.2 Å². The molecule has 32 heavy (non-hydrogen) atoms. The molecule has 0 aliphatic heterocycles. The molecular formula is C25H29N7. The molecule has 0 spiro atoms. The zero-order chi connectivity index (χ0) is 21.9. The van der Waals surface area contributed by atoms with Crippen LogP contribution in [0.3, 0.4) is 0 Å². The first-order valence-corrected chi connectivity index (χ1v) is 11.3. The number of hydrogen-bond acceptors (Lipinski definition) is 6. The minimum atomic E-state index is 0.504. The van der Waals surface area contributed by atoms with E-state index in [1.165, 1.54) is 31.2 Å². The van der Waals surface area contributed by atoms with E-state index in [2.05, 4.69) is 68.8 Å². The van der Waals surface area contributed by atoms with Crippen molar-refractivity contribution in [2.24, 2.45) is 0 Å². The number of rotatable bonds is 6. The largest absolute Gasteiger partial charge is 0.356 e. The van der Waals surface area contributed by atoms with Crippen LogP contribution in [0.5, 0.6) is 0 Å². The van der Waals surface area contributed by atoms with E-state index in [1.54, 1.807) is 6.33 Å². The highest BCUT2D eigenvalue weighted by Gasteiger charge is 2.25. The molecule has 1 fully saturated rings. The lowest BCUT2D eigenvalue weighted by molar-refractivity contribution is 0.351. The molecule has 7 nitrogen and oxygen atoms in total. The maximum Gasteiger partial charge on any atom is 0.139 e. The van der Waals surface area contributed by atoms with E-state index in [0.29, 0.717) is 12.1 Å². The third kappa shape index (κ3) is 4.21. The molecule has 0 radical (unpaired) electrons. The predicted molar refractivity (Wildman–Crippen MR) is 128 cm³/mol. The zero-order valence-corrected chi connectivity index (χ0v) is 18.6. The maximum absolute atomic E-state index is 4.69. The smallest absolute Gasteiger partial charge is 0.139 e. The highest BCUT2D eigenvalue weighted by Crippen LogP contribution is 2.32. The molecular weight excluding hydrogens is 398 g/mol. The molecule has 0 unspecified atom stereocenters. The van der Waals surface area contributed by atoms with Crippen LogP contribution in [0, 0.1) is 0 Å². The predicted octanol–water partition coefficient (Wildman–Crippen LogP) is 3.90. The molecule has 7 heteroatoms. The van der Waals surface area contributed by atoms with E-state index in [1.807, 2.05) is 35.4 Å². The first kappa shape index (κ1) is 20.6. The molecule has 1 N–H and O–H groups in total. The van der Waals surface area contributed by atoms with Gasteiger partial charge < -0.3 is 10.2 Å². The summed E-state index contributed by atoms with van der Waals surface area (Å²) in [7, 11) is 4.24. The molecule has 3 aromatic heterocycles. The van der Waals surface area contributed by atoms with Gasteiger partial charge in [0.05, 0.1) is 18.3 Å². The Hall–Kier alpha value is -3.32. The number of fused-ring (bicyclic) bond motifs is 1. The van der Waals surface area contributed by atoms with Crippen molar-refractivity contribution >= 4 is 16.7 Å². The summed E-state index contributed by atoms with van der Waals surface area (Å²) < 4.78 is 1.96. The van der Waals surface area contributed by atoms with Crippen LogP contribution in [0.15, 0.2) is 61.4 Å². The van der Waals surface area contributed by atoms with Gasteiger partial charge in [-0.05, 0) is 68.1 Å². The van der Waals surface area contributed by atoms with Gasteiger partial charge in [-0.2, -0.15) is 5.10 Å². The Kier molecular flexibility index (Phi) is 5.81. The van der Waals surface area contributed by atoms with E-state index in [-0.39, 0.29) is 0 Å². The fourth-order valence-corrected chi connectivity index (χ4v) is 4.70. The Labute approximate surface area is 188 Å². The Morgan fingerprint density at radius 3 is 2.62 bits per heavy atom. The summed E-state index contributed by atoms with van der Waals surface area (Å²) in [5.41, 5.74) is 4.37. The molecule has 1 aliphatic carbocycles. The van der Waals surface area contributed by atoms with Gasteiger partial charge in [-0.25, -0.2) is 9.97 Å². The van der Waals surface area contributed by atoms with Gasteiger partial charge in [0.15, 0.2) is 0 Å². The topological polar surface area (TPSA) is 71.8 Å². The van der Waals surface area contributed by atoms with Crippen molar-refractivity contribution in [3.63, 3.8) is 0 Å². The Morgan fingerprint density at radius 1 is 1.03 bits per heavy atom. The van der Waals surface area contributed by atoms with Crippen molar-refractivity contribution in [2.75, 3.05) is 19.0 Å². The average Bonchev–Trinajstić information content (AvgIpc) is 3.32. The lowest BCUT2D eigenvalue weighted by Crippen LogP contribution is -2.40. The third-order valence-electron chi connectivity index (χ3n) is 6.66. The van der Waals surface area contributed by atoms with Crippen molar-refractivity contribution in [2.45, 2.75) is 44.3 Å². The van der Waals surface area contributed by atoms with E-state index >= 15 is 0 Å². The van der Waals surface area contributed by atoms with Crippen LogP contribution in [0.1, 0.15) is 31.2 Å². The first-order valence-electron chi connectivity index (χ1n) is 11.3. The summed E-state index contributed by atoms with van der Waals surface area (Å²) in [6.45, 7) is 0.725. The van der Waals surface area contributed by atoms with E-state index in [0.717, 1.165) is 34.4 Å². The monoisotopic (exact) mass is 427 g/mol. The third-order valence-corrected chi connectivity index (χ3v) is 6.66. The number of nitrogens with one attached hydrogen (secondary N) is 1. The summed E-state index contributed by atoms with van der Waals surface area (Å²) in [6.07, 6.45) is 14.1. The number of aromatic nitrogens is 5. The second-order valence-electron chi connectivity index (χ2n) is 8.62.